The number of nitrogens with zero attached hydrogens (tertiary/aromatic N) is 2. The van der Waals surface area contributed by atoms with Gasteiger partial charge in [-0.05, 0) is 101 Å². The molecular weight excluding hydrogens is 701 g/mol. The van der Waals surface area contributed by atoms with Gasteiger partial charge in [0.2, 0.25) is 0 Å². The zero-order valence-corrected chi connectivity index (χ0v) is 36.3. The van der Waals surface area contributed by atoms with Crippen LogP contribution in [0.3, 0.4) is 0 Å². The summed E-state index contributed by atoms with van der Waals surface area (Å²) in [6, 6.07) is 47.7. The number of para-hydroxylation sites is 2. The molecule has 6 aromatic carbocycles. The lowest BCUT2D eigenvalue weighted by Crippen LogP contribution is -2.00. The Morgan fingerprint density at radius 3 is 1.33 bits per heavy atom. The number of fused-ring (bicyclic) bond motifs is 9. The molecule has 0 fully saturated rings. The minimum absolute atomic E-state index is 0. The lowest BCUT2D eigenvalue weighted by atomic mass is 10.0. The van der Waals surface area contributed by atoms with Crippen LogP contribution in [0.1, 0.15) is 140 Å². The Morgan fingerprint density at radius 1 is 0.379 bits per heavy atom. The summed E-state index contributed by atoms with van der Waals surface area (Å²) in [5, 5.41) is 5.36. The lowest BCUT2D eigenvalue weighted by molar-refractivity contribution is 0.827. The molecule has 2 heteroatoms. The van der Waals surface area contributed by atoms with Crippen molar-refractivity contribution < 1.29 is 0 Å². The second kappa shape index (κ2) is 26.8. The lowest BCUT2D eigenvalue weighted by Gasteiger charge is -2.11. The normalized spacial score (nSPS) is 9.88. The van der Waals surface area contributed by atoms with Gasteiger partial charge in [-0.1, -0.05) is 190 Å². The van der Waals surface area contributed by atoms with Gasteiger partial charge in [0.15, 0.2) is 0 Å². The van der Waals surface area contributed by atoms with Crippen molar-refractivity contribution in [2.45, 2.75) is 138 Å². The van der Waals surface area contributed by atoms with E-state index in [4.69, 9.17) is 0 Å². The quantitative estimate of drug-likeness (QED) is 0.165. The third-order valence-corrected chi connectivity index (χ3v) is 9.60. The molecule has 0 spiro atoms. The van der Waals surface area contributed by atoms with Crippen molar-refractivity contribution in [1.29, 1.82) is 0 Å². The molecule has 314 valence electrons. The maximum Gasteiger partial charge on any atom is 0.0494 e. The van der Waals surface area contributed by atoms with Crippen LogP contribution >= 0.6 is 0 Å². The zero-order valence-electron chi connectivity index (χ0n) is 36.3. The molecule has 2 aromatic heterocycles. The smallest absolute Gasteiger partial charge is 0.0494 e. The molecule has 2 nitrogen and oxygen atoms in total. The highest BCUT2D eigenvalue weighted by molar-refractivity contribution is 6.09. The van der Waals surface area contributed by atoms with E-state index in [-0.39, 0.29) is 22.3 Å². The molecule has 0 amide bonds. The Hall–Kier alpha value is -5.08. The van der Waals surface area contributed by atoms with Gasteiger partial charge in [0, 0.05) is 56.7 Å². The number of aryl methyl sites for hydroxylation is 1. The zero-order chi connectivity index (χ0) is 40.5. The monoisotopic (exact) mass is 781 g/mol. The summed E-state index contributed by atoms with van der Waals surface area (Å²) < 4.78 is 4.93. The Labute approximate surface area is 356 Å². The number of benzene rings is 6. The van der Waals surface area contributed by atoms with Crippen LogP contribution < -0.4 is 0 Å². The summed E-state index contributed by atoms with van der Waals surface area (Å²) in [6.45, 7) is 28.1. The summed E-state index contributed by atoms with van der Waals surface area (Å²) in [5.41, 5.74) is 15.0. The Morgan fingerprint density at radius 2 is 0.793 bits per heavy atom. The second-order valence-corrected chi connectivity index (χ2v) is 12.1. The highest BCUT2D eigenvalue weighted by Crippen LogP contribution is 2.38. The van der Waals surface area contributed by atoms with Crippen molar-refractivity contribution in [3.8, 4) is 11.1 Å². The van der Waals surface area contributed by atoms with Crippen LogP contribution in [0.2, 0.25) is 0 Å². The molecule has 0 radical (unpaired) electrons. The molecule has 8 aromatic rings. The first-order valence-electron chi connectivity index (χ1n) is 21.4. The van der Waals surface area contributed by atoms with E-state index in [1.807, 2.05) is 83.1 Å². The van der Waals surface area contributed by atoms with E-state index in [2.05, 4.69) is 143 Å². The third-order valence-electron chi connectivity index (χ3n) is 9.60. The maximum atomic E-state index is 2.50. The molecule has 1 aliphatic rings. The molecule has 0 saturated heterocycles. The highest BCUT2D eigenvalue weighted by Gasteiger charge is 2.19. The molecule has 0 bridgehead atoms. The summed E-state index contributed by atoms with van der Waals surface area (Å²) in [5.74, 6) is 0. The molecule has 0 aliphatic heterocycles. The molecular formula is C56H80N2. The fourth-order valence-corrected chi connectivity index (χ4v) is 7.62. The van der Waals surface area contributed by atoms with E-state index in [9.17, 15) is 0 Å². The van der Waals surface area contributed by atoms with Gasteiger partial charge in [-0.2, -0.15) is 0 Å². The molecule has 9 rings (SSSR count). The van der Waals surface area contributed by atoms with Gasteiger partial charge in [-0.15, -0.1) is 0 Å². The van der Waals surface area contributed by atoms with E-state index in [1.54, 1.807) is 0 Å². The van der Waals surface area contributed by atoms with Gasteiger partial charge < -0.3 is 9.13 Å². The first-order valence-corrected chi connectivity index (χ1v) is 21.4. The Balaban J connectivity index is 0.00000200. The van der Waals surface area contributed by atoms with Gasteiger partial charge in [0.25, 0.3) is 0 Å². The van der Waals surface area contributed by atoms with Crippen molar-refractivity contribution in [2.24, 2.45) is 0 Å². The van der Waals surface area contributed by atoms with E-state index in [0.717, 1.165) is 25.9 Å². The van der Waals surface area contributed by atoms with Crippen LogP contribution in [0, 0.1) is 0 Å². The molecule has 2 heterocycles. The number of aromatic nitrogens is 2. The van der Waals surface area contributed by atoms with Crippen LogP contribution in [0.5, 0.6) is 0 Å². The number of hydrogen-bond donors (Lipinski definition) is 0. The highest BCUT2D eigenvalue weighted by atomic mass is 15.0. The molecule has 0 N–H and O–H groups in total. The summed E-state index contributed by atoms with van der Waals surface area (Å²) in [7, 11) is 0. The van der Waals surface area contributed by atoms with Crippen LogP contribution in [0.25, 0.3) is 54.7 Å². The fraction of sp³-hybridized carbons (Fsp3) is 0.357. The Kier molecular flexibility index (Phi) is 24.4. The van der Waals surface area contributed by atoms with Crippen molar-refractivity contribution in [2.75, 3.05) is 0 Å². The summed E-state index contributed by atoms with van der Waals surface area (Å²) in [6.07, 6.45) is 1.96. The van der Waals surface area contributed by atoms with Crippen LogP contribution in [0.4, 0.5) is 0 Å². The first kappa shape index (κ1) is 52.9. The SMILES string of the molecule is C.C.C.CC.CC.CC.CC.CC.CC.CCn1c2ccccc2c2cc(Cc3ccc4c(c3)c3ccccc3n4Cc3ccc4c(c3)-c3ccccc3C4)ccc21. The van der Waals surface area contributed by atoms with Crippen molar-refractivity contribution in [3.63, 3.8) is 0 Å². The van der Waals surface area contributed by atoms with Crippen molar-refractivity contribution in [3.05, 3.63) is 155 Å². The minimum Gasteiger partial charge on any atom is -0.341 e. The average Bonchev–Trinajstić information content (AvgIpc) is 3.92. The van der Waals surface area contributed by atoms with Gasteiger partial charge in [0.05, 0.1) is 0 Å². The number of rotatable bonds is 5. The third kappa shape index (κ3) is 10.7. The molecule has 0 saturated carbocycles. The van der Waals surface area contributed by atoms with Crippen LogP contribution in [0.15, 0.2) is 127 Å². The average molecular weight is 781 g/mol. The van der Waals surface area contributed by atoms with E-state index in [1.165, 1.54) is 82.6 Å². The van der Waals surface area contributed by atoms with E-state index in [0.29, 0.717) is 0 Å². The van der Waals surface area contributed by atoms with E-state index < -0.39 is 0 Å². The standard InChI is InChI=1S/C41H32N2.6C2H6.3CH4/c1-2-42-38-13-7-5-11-33(38)36-22-27(16-19-40(36)42)21-28-17-20-41-37(23-28)34-12-6-8-14-39(34)43(41)26-29-15-18-31-25-30-9-3-4-10-32(30)35(31)24-29;6*1-2;;;/h3-20,22-24H,2,21,25-26H2,1H3;6*1-2H3;3*1H4. The van der Waals surface area contributed by atoms with Gasteiger partial charge in [0.1, 0.15) is 0 Å². The van der Waals surface area contributed by atoms with Crippen LogP contribution in [-0.2, 0) is 25.9 Å². The Bertz CT molecular complexity index is 2370. The van der Waals surface area contributed by atoms with Crippen LogP contribution in [-0.4, -0.2) is 9.13 Å². The van der Waals surface area contributed by atoms with Gasteiger partial charge in [-0.25, -0.2) is 0 Å². The predicted molar refractivity (Wildman–Crippen MR) is 269 cm³/mol. The van der Waals surface area contributed by atoms with Gasteiger partial charge >= 0.3 is 0 Å². The summed E-state index contributed by atoms with van der Waals surface area (Å²) >= 11 is 0. The predicted octanol–water partition coefficient (Wildman–Crippen LogP) is 18.2. The molecule has 1 aliphatic carbocycles. The van der Waals surface area contributed by atoms with Gasteiger partial charge in [-0.3, -0.25) is 0 Å². The molecule has 0 unspecified atom stereocenters. The molecule has 0 atom stereocenters. The molecule has 58 heavy (non-hydrogen) atoms. The van der Waals surface area contributed by atoms with E-state index >= 15 is 0 Å². The topological polar surface area (TPSA) is 9.86 Å². The first-order chi connectivity index (χ1) is 27.2. The maximum absolute atomic E-state index is 2.50. The number of hydrogen-bond acceptors (Lipinski definition) is 0. The summed E-state index contributed by atoms with van der Waals surface area (Å²) in [4.78, 5) is 0. The fourth-order valence-electron chi connectivity index (χ4n) is 7.62. The van der Waals surface area contributed by atoms with Crippen molar-refractivity contribution in [1.82, 2.24) is 9.13 Å². The second-order valence-electron chi connectivity index (χ2n) is 12.1. The largest absolute Gasteiger partial charge is 0.341 e. The minimum atomic E-state index is 0. The van der Waals surface area contributed by atoms with Crippen molar-refractivity contribution >= 4 is 43.6 Å².